The molecular formula is C13H22N2O. The number of allylic oxidation sites excluding steroid dienone is 3. The molecule has 0 aromatic heterocycles. The van der Waals surface area contributed by atoms with Crippen LogP contribution in [0.3, 0.4) is 0 Å². The van der Waals surface area contributed by atoms with Gasteiger partial charge in [-0.1, -0.05) is 23.3 Å². The second kappa shape index (κ2) is 6.48. The van der Waals surface area contributed by atoms with Gasteiger partial charge in [-0.3, -0.25) is 4.79 Å². The second-order valence-corrected chi connectivity index (χ2v) is 4.39. The van der Waals surface area contributed by atoms with Crippen LogP contribution >= 0.6 is 0 Å². The molecule has 90 valence electrons. The Bertz CT molecular complexity index is 299. The van der Waals surface area contributed by atoms with Crippen LogP contribution in [0.2, 0.25) is 0 Å². The maximum absolute atomic E-state index is 11.7. The minimum atomic E-state index is 0.0237. The molecule has 1 aliphatic heterocycles. The van der Waals surface area contributed by atoms with Crippen molar-refractivity contribution in [1.82, 2.24) is 10.6 Å². The van der Waals surface area contributed by atoms with Gasteiger partial charge in [0.05, 0.1) is 6.04 Å². The van der Waals surface area contributed by atoms with Gasteiger partial charge in [-0.05, 0) is 40.2 Å². The largest absolute Gasteiger partial charge is 0.351 e. The van der Waals surface area contributed by atoms with Crippen LogP contribution in [-0.4, -0.2) is 25.0 Å². The monoisotopic (exact) mass is 222 g/mol. The van der Waals surface area contributed by atoms with Gasteiger partial charge in [0.15, 0.2) is 0 Å². The summed E-state index contributed by atoms with van der Waals surface area (Å²) in [6, 6.07) is 0.0237. The van der Waals surface area contributed by atoms with Crippen LogP contribution < -0.4 is 10.6 Å². The molecule has 1 amide bonds. The normalized spacial score (nSPS) is 22.3. The summed E-state index contributed by atoms with van der Waals surface area (Å²) in [5.74, 6) is 0.128. The molecule has 1 rings (SSSR count). The summed E-state index contributed by atoms with van der Waals surface area (Å²) in [6.07, 6.45) is 6.22. The van der Waals surface area contributed by atoms with Crippen LogP contribution in [-0.2, 0) is 4.79 Å². The minimum Gasteiger partial charge on any atom is -0.351 e. The van der Waals surface area contributed by atoms with Crippen molar-refractivity contribution < 1.29 is 4.79 Å². The van der Waals surface area contributed by atoms with Crippen molar-refractivity contribution >= 4 is 5.91 Å². The van der Waals surface area contributed by atoms with Crippen molar-refractivity contribution in [2.24, 2.45) is 0 Å². The Morgan fingerprint density at radius 1 is 1.50 bits per heavy atom. The Hall–Kier alpha value is -1.09. The molecule has 1 unspecified atom stereocenters. The SMILES string of the molecule is C/C=C(C)\C=C(/C)CNC(=O)C1CCCN1. The van der Waals surface area contributed by atoms with E-state index in [0.717, 1.165) is 19.4 Å². The van der Waals surface area contributed by atoms with Gasteiger partial charge in [-0.2, -0.15) is 0 Å². The van der Waals surface area contributed by atoms with Crippen LogP contribution in [0.1, 0.15) is 33.6 Å². The number of rotatable bonds is 4. The van der Waals surface area contributed by atoms with Crippen molar-refractivity contribution in [1.29, 1.82) is 0 Å². The van der Waals surface area contributed by atoms with Gasteiger partial charge >= 0.3 is 0 Å². The predicted octanol–water partition coefficient (Wildman–Crippen LogP) is 1.77. The third-order valence-corrected chi connectivity index (χ3v) is 2.85. The first-order valence-corrected chi connectivity index (χ1v) is 5.94. The number of hydrogen-bond acceptors (Lipinski definition) is 2. The van der Waals surface area contributed by atoms with Gasteiger partial charge < -0.3 is 10.6 Å². The summed E-state index contributed by atoms with van der Waals surface area (Å²) in [5, 5.41) is 6.15. The molecule has 0 spiro atoms. The van der Waals surface area contributed by atoms with Crippen LogP contribution in [0.5, 0.6) is 0 Å². The van der Waals surface area contributed by atoms with Crippen molar-refractivity contribution in [2.75, 3.05) is 13.1 Å². The molecule has 2 N–H and O–H groups in total. The number of amides is 1. The van der Waals surface area contributed by atoms with E-state index in [1.807, 2.05) is 13.8 Å². The van der Waals surface area contributed by atoms with E-state index < -0.39 is 0 Å². The van der Waals surface area contributed by atoms with Crippen LogP contribution in [0.4, 0.5) is 0 Å². The molecule has 0 radical (unpaired) electrons. The number of carbonyl (C=O) groups excluding carboxylic acids is 1. The third kappa shape index (κ3) is 4.19. The number of hydrogen-bond donors (Lipinski definition) is 2. The Labute approximate surface area is 98.0 Å². The summed E-state index contributed by atoms with van der Waals surface area (Å²) in [7, 11) is 0. The average molecular weight is 222 g/mol. The molecule has 1 fully saturated rings. The first-order chi connectivity index (χ1) is 7.63. The Balaban J connectivity index is 2.33. The van der Waals surface area contributed by atoms with Crippen molar-refractivity contribution in [3.8, 4) is 0 Å². The van der Waals surface area contributed by atoms with Crippen LogP contribution in [0.15, 0.2) is 23.3 Å². The molecule has 16 heavy (non-hydrogen) atoms. The first-order valence-electron chi connectivity index (χ1n) is 5.94. The van der Waals surface area contributed by atoms with E-state index in [4.69, 9.17) is 0 Å². The Morgan fingerprint density at radius 2 is 2.25 bits per heavy atom. The zero-order valence-electron chi connectivity index (χ0n) is 10.5. The van der Waals surface area contributed by atoms with Gasteiger partial charge in [0.1, 0.15) is 0 Å². The molecule has 1 saturated heterocycles. The number of carbonyl (C=O) groups is 1. The van der Waals surface area contributed by atoms with Crippen LogP contribution in [0, 0.1) is 0 Å². The highest BCUT2D eigenvalue weighted by Crippen LogP contribution is 2.05. The quantitative estimate of drug-likeness (QED) is 0.712. The summed E-state index contributed by atoms with van der Waals surface area (Å²) in [5.41, 5.74) is 2.41. The standard InChI is InChI=1S/C13H22N2O/c1-4-10(2)8-11(3)9-15-13(16)12-6-5-7-14-12/h4,8,12,14H,5-7,9H2,1-3H3,(H,15,16)/b10-4-,11-8+. The van der Waals surface area contributed by atoms with Crippen molar-refractivity contribution in [3.63, 3.8) is 0 Å². The Kier molecular flexibility index (Phi) is 5.26. The van der Waals surface area contributed by atoms with E-state index in [9.17, 15) is 4.79 Å². The molecule has 1 aliphatic rings. The Morgan fingerprint density at radius 3 is 2.81 bits per heavy atom. The van der Waals surface area contributed by atoms with Crippen molar-refractivity contribution in [3.05, 3.63) is 23.3 Å². The van der Waals surface area contributed by atoms with Crippen molar-refractivity contribution in [2.45, 2.75) is 39.7 Å². The molecular weight excluding hydrogens is 200 g/mol. The zero-order chi connectivity index (χ0) is 12.0. The fourth-order valence-electron chi connectivity index (χ4n) is 1.78. The van der Waals surface area contributed by atoms with E-state index >= 15 is 0 Å². The maximum atomic E-state index is 11.7. The smallest absolute Gasteiger partial charge is 0.237 e. The van der Waals surface area contributed by atoms with Gasteiger partial charge in [-0.15, -0.1) is 0 Å². The maximum Gasteiger partial charge on any atom is 0.237 e. The number of nitrogens with one attached hydrogen (secondary N) is 2. The van der Waals surface area contributed by atoms with Gasteiger partial charge in [0.25, 0.3) is 0 Å². The van der Waals surface area contributed by atoms with Gasteiger partial charge in [-0.25, -0.2) is 0 Å². The predicted molar refractivity (Wildman–Crippen MR) is 67.2 cm³/mol. The van der Waals surface area contributed by atoms with E-state index in [-0.39, 0.29) is 11.9 Å². The lowest BCUT2D eigenvalue weighted by atomic mass is 10.1. The van der Waals surface area contributed by atoms with E-state index in [1.54, 1.807) is 0 Å². The molecule has 0 aliphatic carbocycles. The fraction of sp³-hybridized carbons (Fsp3) is 0.615. The molecule has 1 heterocycles. The summed E-state index contributed by atoms with van der Waals surface area (Å²) >= 11 is 0. The lowest BCUT2D eigenvalue weighted by molar-refractivity contribution is -0.122. The lowest BCUT2D eigenvalue weighted by Gasteiger charge is -2.11. The highest BCUT2D eigenvalue weighted by Gasteiger charge is 2.21. The van der Waals surface area contributed by atoms with E-state index in [1.165, 1.54) is 11.1 Å². The van der Waals surface area contributed by atoms with E-state index in [2.05, 4.69) is 29.7 Å². The molecule has 0 bridgehead atoms. The molecule has 3 heteroatoms. The second-order valence-electron chi connectivity index (χ2n) is 4.39. The molecule has 0 aromatic carbocycles. The van der Waals surface area contributed by atoms with Gasteiger partial charge in [0, 0.05) is 6.54 Å². The molecule has 0 aromatic rings. The molecule has 1 atom stereocenters. The highest BCUT2D eigenvalue weighted by atomic mass is 16.2. The van der Waals surface area contributed by atoms with Gasteiger partial charge in [0.2, 0.25) is 5.91 Å². The lowest BCUT2D eigenvalue weighted by Crippen LogP contribution is -2.40. The van der Waals surface area contributed by atoms with Crippen LogP contribution in [0.25, 0.3) is 0 Å². The third-order valence-electron chi connectivity index (χ3n) is 2.85. The topological polar surface area (TPSA) is 41.1 Å². The highest BCUT2D eigenvalue weighted by molar-refractivity contribution is 5.82. The average Bonchev–Trinajstić information content (AvgIpc) is 2.79. The fourth-order valence-corrected chi connectivity index (χ4v) is 1.78. The summed E-state index contributed by atoms with van der Waals surface area (Å²) in [6.45, 7) is 7.71. The van der Waals surface area contributed by atoms with E-state index in [0.29, 0.717) is 6.54 Å². The summed E-state index contributed by atoms with van der Waals surface area (Å²) in [4.78, 5) is 11.7. The minimum absolute atomic E-state index is 0.0237. The zero-order valence-corrected chi connectivity index (χ0v) is 10.5. The first kappa shape index (κ1) is 13.0. The molecule has 0 saturated carbocycles. The summed E-state index contributed by atoms with van der Waals surface area (Å²) < 4.78 is 0. The molecule has 3 nitrogen and oxygen atoms in total.